The van der Waals surface area contributed by atoms with Crippen LogP contribution in [0.1, 0.15) is 42.2 Å². The van der Waals surface area contributed by atoms with Gasteiger partial charge in [0.25, 0.3) is 0 Å². The monoisotopic (exact) mass is 356 g/mol. The van der Waals surface area contributed by atoms with Crippen LogP contribution in [-0.4, -0.2) is 23.4 Å². The highest BCUT2D eigenvalue weighted by molar-refractivity contribution is 5.89. The van der Waals surface area contributed by atoms with E-state index in [9.17, 15) is 14.3 Å². The molecule has 136 valence electrons. The van der Waals surface area contributed by atoms with Gasteiger partial charge in [-0.3, -0.25) is 0 Å². The van der Waals surface area contributed by atoms with Crippen molar-refractivity contribution >= 4 is 11.7 Å². The van der Waals surface area contributed by atoms with Crippen molar-refractivity contribution in [2.45, 2.75) is 37.5 Å². The lowest BCUT2D eigenvalue weighted by atomic mass is 9.85. The van der Waals surface area contributed by atoms with E-state index in [0.717, 1.165) is 16.7 Å². The minimum absolute atomic E-state index is 0.344. The van der Waals surface area contributed by atoms with Gasteiger partial charge in [0, 0.05) is 24.1 Å². The fourth-order valence-electron chi connectivity index (χ4n) is 3.60. The van der Waals surface area contributed by atoms with E-state index in [2.05, 4.69) is 10.6 Å². The number of hydrogen-bond donors (Lipinski definition) is 3. The Morgan fingerprint density at radius 1 is 1.31 bits per heavy atom. The quantitative estimate of drug-likeness (QED) is 0.786. The molecule has 6 heteroatoms. The smallest absolute Gasteiger partial charge is 0.319 e. The first-order valence-corrected chi connectivity index (χ1v) is 8.70. The third-order valence-corrected chi connectivity index (χ3v) is 5.05. The molecule has 26 heavy (non-hydrogen) atoms. The Kier molecular flexibility index (Phi) is 4.07. The normalized spacial score (nSPS) is 26.0. The van der Waals surface area contributed by atoms with Crippen molar-refractivity contribution in [3.63, 3.8) is 0 Å². The van der Waals surface area contributed by atoms with Crippen molar-refractivity contribution in [3.05, 3.63) is 59.2 Å². The number of ether oxygens (including phenoxy) is 1. The number of urea groups is 1. The number of para-hydroxylation sites is 1. The lowest BCUT2D eigenvalue weighted by molar-refractivity contribution is 0.0263. The highest BCUT2D eigenvalue weighted by atomic mass is 19.1. The maximum absolute atomic E-state index is 13.5. The number of hydrogen-bond acceptors (Lipinski definition) is 3. The van der Waals surface area contributed by atoms with Crippen molar-refractivity contribution < 1.29 is 19.0 Å². The summed E-state index contributed by atoms with van der Waals surface area (Å²) in [6.45, 7) is 1.07. The number of amides is 2. The van der Waals surface area contributed by atoms with Crippen LogP contribution >= 0.6 is 0 Å². The van der Waals surface area contributed by atoms with Gasteiger partial charge in [-0.1, -0.05) is 24.3 Å². The van der Waals surface area contributed by atoms with Gasteiger partial charge in [0.15, 0.2) is 0 Å². The first-order chi connectivity index (χ1) is 12.5. The van der Waals surface area contributed by atoms with Gasteiger partial charge in [0.05, 0.1) is 12.1 Å². The van der Waals surface area contributed by atoms with Crippen LogP contribution in [0, 0.1) is 0 Å². The fraction of sp³-hybridized carbons (Fsp3) is 0.350. The number of fused-ring (bicyclic) bond motifs is 2. The topological polar surface area (TPSA) is 70.6 Å². The third kappa shape index (κ3) is 3.01. The molecule has 2 aliphatic rings. The summed E-state index contributed by atoms with van der Waals surface area (Å²) >= 11 is 0. The minimum atomic E-state index is -0.966. The first kappa shape index (κ1) is 16.8. The van der Waals surface area contributed by atoms with Crippen molar-refractivity contribution in [2.75, 3.05) is 12.0 Å². The summed E-state index contributed by atoms with van der Waals surface area (Å²) in [6.07, 6.45) is 0.543. The maximum Gasteiger partial charge on any atom is 0.319 e. The lowest BCUT2D eigenvalue weighted by Gasteiger charge is -2.38. The van der Waals surface area contributed by atoms with Gasteiger partial charge < -0.3 is 20.5 Å². The second-order valence-electron chi connectivity index (χ2n) is 7.21. The Hall–Kier alpha value is -2.60. The largest absolute Gasteiger partial charge is 0.484 e. The number of rotatable bonds is 3. The molecular formula is C20H21FN2O3. The van der Waals surface area contributed by atoms with Crippen molar-refractivity contribution in [3.8, 4) is 5.75 Å². The zero-order chi connectivity index (χ0) is 18.3. The number of halogens is 1. The average Bonchev–Trinajstić information content (AvgIpc) is 2.62. The molecule has 3 atom stereocenters. The summed E-state index contributed by atoms with van der Waals surface area (Å²) in [7, 11) is 0. The number of carbonyl (C=O) groups is 1. The number of anilines is 1. The molecule has 1 aliphatic heterocycles. The van der Waals surface area contributed by atoms with E-state index in [1.54, 1.807) is 19.1 Å². The average molecular weight is 356 g/mol. The zero-order valence-corrected chi connectivity index (χ0v) is 14.5. The van der Waals surface area contributed by atoms with E-state index in [4.69, 9.17) is 4.74 Å². The van der Waals surface area contributed by atoms with E-state index < -0.39 is 18.4 Å². The zero-order valence-electron chi connectivity index (χ0n) is 14.5. The molecule has 3 N–H and O–H groups in total. The van der Waals surface area contributed by atoms with Crippen molar-refractivity contribution in [1.29, 1.82) is 0 Å². The Balaban J connectivity index is 1.50. The van der Waals surface area contributed by atoms with Gasteiger partial charge in [-0.25, -0.2) is 9.18 Å². The number of aliphatic hydroxyl groups excluding tert-OH is 1. The third-order valence-electron chi connectivity index (χ3n) is 5.05. The highest BCUT2D eigenvalue weighted by Gasteiger charge is 2.38. The lowest BCUT2D eigenvalue weighted by Crippen LogP contribution is -2.45. The van der Waals surface area contributed by atoms with Crippen molar-refractivity contribution in [2.24, 2.45) is 0 Å². The minimum Gasteiger partial charge on any atom is -0.484 e. The molecule has 0 radical (unpaired) electrons. The van der Waals surface area contributed by atoms with Crippen molar-refractivity contribution in [1.82, 2.24) is 5.32 Å². The second kappa shape index (κ2) is 6.29. The standard InChI is InChI=1S/C20H21FN2O3/c1-20(11-21)10-16(14-4-2-3-5-18(14)26-20)23-19(25)22-13-7-6-12-8-17(24)15(12)9-13/h2-7,9,16-17,24H,8,10-11H2,1H3,(H2,22,23,25)/t16-,17?,20-/m1/s1. The summed E-state index contributed by atoms with van der Waals surface area (Å²) in [6, 6.07) is 12.1. The molecule has 0 saturated heterocycles. The molecule has 2 amide bonds. The van der Waals surface area contributed by atoms with Gasteiger partial charge in [-0.2, -0.15) is 0 Å². The molecule has 0 saturated carbocycles. The molecule has 2 aromatic carbocycles. The molecule has 1 aliphatic carbocycles. The second-order valence-corrected chi connectivity index (χ2v) is 7.21. The maximum atomic E-state index is 13.5. The van der Waals surface area contributed by atoms with Crippen LogP contribution in [0.3, 0.4) is 0 Å². The molecule has 0 aromatic heterocycles. The van der Waals surface area contributed by atoms with Crippen LogP contribution in [0.4, 0.5) is 14.9 Å². The van der Waals surface area contributed by atoms with Crippen LogP contribution in [0.5, 0.6) is 5.75 Å². The fourth-order valence-corrected chi connectivity index (χ4v) is 3.60. The van der Waals surface area contributed by atoms with E-state index in [-0.39, 0.29) is 12.1 Å². The molecule has 1 heterocycles. The number of aliphatic hydroxyl groups is 1. The molecule has 0 bridgehead atoms. The number of benzene rings is 2. The Bertz CT molecular complexity index is 857. The van der Waals surface area contributed by atoms with Gasteiger partial charge >= 0.3 is 6.03 Å². The van der Waals surface area contributed by atoms with Crippen LogP contribution in [0.15, 0.2) is 42.5 Å². The summed E-state index contributed by atoms with van der Waals surface area (Å²) in [5.74, 6) is 0.591. The summed E-state index contributed by atoms with van der Waals surface area (Å²) < 4.78 is 19.2. The van der Waals surface area contributed by atoms with E-state index in [0.29, 0.717) is 24.3 Å². The molecule has 5 nitrogen and oxygen atoms in total. The number of carbonyl (C=O) groups excluding carboxylic acids is 1. The predicted molar refractivity (Wildman–Crippen MR) is 96.1 cm³/mol. The highest BCUT2D eigenvalue weighted by Crippen LogP contribution is 2.40. The number of alkyl halides is 1. The van der Waals surface area contributed by atoms with Crippen LogP contribution in [-0.2, 0) is 6.42 Å². The van der Waals surface area contributed by atoms with E-state index in [1.165, 1.54) is 0 Å². The molecular weight excluding hydrogens is 335 g/mol. The van der Waals surface area contributed by atoms with Gasteiger partial charge in [-0.15, -0.1) is 0 Å². The molecule has 0 spiro atoms. The predicted octanol–water partition coefficient (Wildman–Crippen LogP) is 3.65. The molecule has 2 aromatic rings. The van der Waals surface area contributed by atoms with Crippen LogP contribution in [0.25, 0.3) is 0 Å². The Morgan fingerprint density at radius 2 is 2.12 bits per heavy atom. The van der Waals surface area contributed by atoms with E-state index in [1.807, 2.05) is 30.3 Å². The van der Waals surface area contributed by atoms with Crippen LogP contribution in [0.2, 0.25) is 0 Å². The molecule has 4 rings (SSSR count). The number of nitrogens with one attached hydrogen (secondary N) is 2. The molecule has 1 unspecified atom stereocenters. The summed E-state index contributed by atoms with van der Waals surface area (Å²) in [4.78, 5) is 12.5. The molecule has 0 fully saturated rings. The van der Waals surface area contributed by atoms with Crippen LogP contribution < -0.4 is 15.4 Å². The Labute approximate surface area is 151 Å². The summed E-state index contributed by atoms with van der Waals surface area (Å²) in [5.41, 5.74) is 2.44. The van der Waals surface area contributed by atoms with E-state index >= 15 is 0 Å². The first-order valence-electron chi connectivity index (χ1n) is 8.70. The van der Waals surface area contributed by atoms with Gasteiger partial charge in [0.2, 0.25) is 0 Å². The summed E-state index contributed by atoms with van der Waals surface area (Å²) in [5, 5.41) is 15.4. The Morgan fingerprint density at radius 3 is 2.88 bits per heavy atom. The van der Waals surface area contributed by atoms with Gasteiger partial charge in [0.1, 0.15) is 18.0 Å². The SMILES string of the molecule is C[C@]1(CF)C[C@@H](NC(=O)Nc2ccc3c(c2)C(O)C3)c2ccccc2O1. The van der Waals surface area contributed by atoms with Gasteiger partial charge in [-0.05, 0) is 36.2 Å².